The molecule has 1 aromatic carbocycles. The summed E-state index contributed by atoms with van der Waals surface area (Å²) in [5, 5.41) is 2.38. The van der Waals surface area contributed by atoms with Crippen LogP contribution in [0.2, 0.25) is 0 Å². The molecule has 2 aromatic rings. The minimum Gasteiger partial charge on any atom is -0.319 e. The van der Waals surface area contributed by atoms with Crippen LogP contribution < -0.4 is 10.0 Å². The number of rotatable bonds is 5. The van der Waals surface area contributed by atoms with Gasteiger partial charge in [0.2, 0.25) is 10.0 Å². The van der Waals surface area contributed by atoms with Crippen molar-refractivity contribution >= 4 is 21.6 Å². The first-order chi connectivity index (χ1) is 11.3. The molecule has 6 nitrogen and oxygen atoms in total. The fourth-order valence-corrected chi connectivity index (χ4v) is 3.38. The molecule has 126 valence electrons. The van der Waals surface area contributed by atoms with E-state index in [0.29, 0.717) is 0 Å². The molecule has 0 radical (unpaired) electrons. The van der Waals surface area contributed by atoms with Crippen LogP contribution in [0.3, 0.4) is 0 Å². The summed E-state index contributed by atoms with van der Waals surface area (Å²) in [6.07, 6.45) is 2.96. The highest BCUT2D eigenvalue weighted by Gasteiger charge is 2.28. The third kappa shape index (κ3) is 3.77. The first-order valence-corrected chi connectivity index (χ1v) is 8.89. The van der Waals surface area contributed by atoms with Gasteiger partial charge in [-0.2, -0.15) is 0 Å². The zero-order valence-electron chi connectivity index (χ0n) is 12.9. The first kappa shape index (κ1) is 16.5. The number of nitrogens with zero attached hydrogens (tertiary/aromatic N) is 1. The maximum atomic E-state index is 13.9. The maximum Gasteiger partial charge on any atom is 0.257 e. The number of aryl methyl sites for hydroxylation is 1. The van der Waals surface area contributed by atoms with Crippen molar-refractivity contribution in [3.05, 3.63) is 53.6 Å². The topological polar surface area (TPSA) is 88.2 Å². The molecule has 1 amide bonds. The van der Waals surface area contributed by atoms with Gasteiger partial charge in [-0.15, -0.1) is 0 Å². The van der Waals surface area contributed by atoms with Gasteiger partial charge in [-0.05, 0) is 50.1 Å². The van der Waals surface area contributed by atoms with Gasteiger partial charge in [-0.3, -0.25) is 9.78 Å². The first-order valence-electron chi connectivity index (χ1n) is 7.41. The number of anilines is 1. The number of amides is 1. The molecule has 1 aromatic heterocycles. The Hall–Kier alpha value is -2.32. The number of hydrogen-bond acceptors (Lipinski definition) is 4. The predicted octanol–water partition coefficient (Wildman–Crippen LogP) is 2.22. The lowest BCUT2D eigenvalue weighted by Crippen LogP contribution is -2.26. The largest absolute Gasteiger partial charge is 0.319 e. The highest BCUT2D eigenvalue weighted by atomic mass is 32.2. The Kier molecular flexibility index (Phi) is 4.33. The van der Waals surface area contributed by atoms with Gasteiger partial charge in [0.05, 0.1) is 16.1 Å². The number of benzene rings is 1. The second-order valence-electron chi connectivity index (χ2n) is 5.68. The lowest BCUT2D eigenvalue weighted by atomic mass is 10.2. The summed E-state index contributed by atoms with van der Waals surface area (Å²) in [4.78, 5) is 16.1. The van der Waals surface area contributed by atoms with Crippen molar-refractivity contribution in [2.45, 2.75) is 30.7 Å². The van der Waals surface area contributed by atoms with Gasteiger partial charge in [0.1, 0.15) is 5.82 Å². The second-order valence-corrected chi connectivity index (χ2v) is 7.39. The van der Waals surface area contributed by atoms with E-state index in [1.807, 2.05) is 0 Å². The Balaban J connectivity index is 1.83. The molecule has 1 heterocycles. The number of halogens is 1. The highest BCUT2D eigenvalue weighted by molar-refractivity contribution is 7.89. The summed E-state index contributed by atoms with van der Waals surface area (Å²) in [5.74, 6) is -1.28. The molecule has 0 bridgehead atoms. The molecule has 2 N–H and O–H groups in total. The van der Waals surface area contributed by atoms with Crippen molar-refractivity contribution < 1.29 is 17.6 Å². The van der Waals surface area contributed by atoms with Crippen LogP contribution in [0, 0.1) is 12.7 Å². The number of carbonyl (C=O) groups is 1. The SMILES string of the molecule is Cc1ccc(C(=O)Nc2cc(S(=O)(=O)NC3CC3)ccc2F)cn1. The average molecular weight is 349 g/mol. The molecule has 1 aliphatic rings. The molecular weight excluding hydrogens is 333 g/mol. The van der Waals surface area contributed by atoms with Crippen LogP contribution >= 0.6 is 0 Å². The van der Waals surface area contributed by atoms with Crippen molar-refractivity contribution in [1.29, 1.82) is 0 Å². The van der Waals surface area contributed by atoms with E-state index < -0.39 is 21.7 Å². The molecule has 0 spiro atoms. The van der Waals surface area contributed by atoms with Crippen LogP contribution in [0.15, 0.2) is 41.4 Å². The molecule has 0 atom stereocenters. The van der Waals surface area contributed by atoms with Gasteiger partial charge in [-0.1, -0.05) is 0 Å². The predicted molar refractivity (Wildman–Crippen MR) is 86.7 cm³/mol. The zero-order valence-corrected chi connectivity index (χ0v) is 13.7. The van der Waals surface area contributed by atoms with Gasteiger partial charge < -0.3 is 5.32 Å². The van der Waals surface area contributed by atoms with Gasteiger partial charge in [0, 0.05) is 17.9 Å². The minimum absolute atomic E-state index is 0.0586. The Morgan fingerprint density at radius 2 is 2.00 bits per heavy atom. The molecule has 1 saturated carbocycles. The van der Waals surface area contributed by atoms with Crippen LogP contribution in [0.5, 0.6) is 0 Å². The summed E-state index contributed by atoms with van der Waals surface area (Å²) in [6, 6.07) is 6.46. The Labute approximate surface area is 139 Å². The zero-order chi connectivity index (χ0) is 17.3. The van der Waals surface area contributed by atoms with Gasteiger partial charge in [-0.25, -0.2) is 17.5 Å². The standard InChI is InChI=1S/C16H16FN3O3S/c1-10-2-3-11(9-18-10)16(21)19-15-8-13(6-7-14(15)17)24(22,23)20-12-4-5-12/h2-3,6-9,12,20H,4-5H2,1H3,(H,19,21). The van der Waals surface area contributed by atoms with E-state index in [1.54, 1.807) is 19.1 Å². The Morgan fingerprint density at radius 3 is 2.62 bits per heavy atom. The number of nitrogens with one attached hydrogen (secondary N) is 2. The highest BCUT2D eigenvalue weighted by Crippen LogP contribution is 2.24. The molecule has 0 aliphatic heterocycles. The Bertz CT molecular complexity index is 878. The van der Waals surface area contributed by atoms with Gasteiger partial charge in [0.25, 0.3) is 5.91 Å². The third-order valence-corrected chi connectivity index (χ3v) is 5.09. The Morgan fingerprint density at radius 1 is 1.25 bits per heavy atom. The molecule has 8 heteroatoms. The maximum absolute atomic E-state index is 13.9. The molecule has 0 saturated heterocycles. The van der Waals surface area contributed by atoms with Crippen molar-refractivity contribution in [1.82, 2.24) is 9.71 Å². The number of carbonyl (C=O) groups excluding carboxylic acids is 1. The monoisotopic (exact) mass is 349 g/mol. The molecule has 24 heavy (non-hydrogen) atoms. The van der Waals surface area contributed by atoms with Gasteiger partial charge in [0.15, 0.2) is 0 Å². The number of sulfonamides is 1. The lowest BCUT2D eigenvalue weighted by Gasteiger charge is -2.10. The van der Waals surface area contributed by atoms with E-state index in [1.165, 1.54) is 12.3 Å². The second kappa shape index (κ2) is 6.29. The van der Waals surface area contributed by atoms with Crippen LogP contribution in [-0.4, -0.2) is 25.4 Å². The van der Waals surface area contributed by atoms with Crippen LogP contribution in [-0.2, 0) is 10.0 Å². The summed E-state index contributed by atoms with van der Waals surface area (Å²) < 4.78 is 40.8. The van der Waals surface area contributed by atoms with Crippen molar-refractivity contribution in [3.63, 3.8) is 0 Å². The van der Waals surface area contributed by atoms with E-state index in [9.17, 15) is 17.6 Å². The van der Waals surface area contributed by atoms with Crippen molar-refractivity contribution in [3.8, 4) is 0 Å². The quantitative estimate of drug-likeness (QED) is 0.866. The van der Waals surface area contributed by atoms with Gasteiger partial charge >= 0.3 is 0 Å². The van der Waals surface area contributed by atoms with Crippen LogP contribution in [0.1, 0.15) is 28.9 Å². The van der Waals surface area contributed by atoms with E-state index in [-0.39, 0.29) is 22.2 Å². The van der Waals surface area contributed by atoms with E-state index in [4.69, 9.17) is 0 Å². The summed E-state index contributed by atoms with van der Waals surface area (Å²) in [7, 11) is -3.72. The smallest absolute Gasteiger partial charge is 0.257 e. The molecule has 3 rings (SSSR count). The number of aromatic nitrogens is 1. The molecule has 1 aliphatic carbocycles. The fourth-order valence-electron chi connectivity index (χ4n) is 2.05. The summed E-state index contributed by atoms with van der Waals surface area (Å²) >= 11 is 0. The number of pyridine rings is 1. The van der Waals surface area contributed by atoms with Crippen molar-refractivity contribution in [2.24, 2.45) is 0 Å². The molecule has 0 unspecified atom stereocenters. The summed E-state index contributed by atoms with van der Waals surface area (Å²) in [6.45, 7) is 1.78. The average Bonchev–Trinajstić information content (AvgIpc) is 3.33. The van der Waals surface area contributed by atoms with E-state index >= 15 is 0 Å². The summed E-state index contributed by atoms with van der Waals surface area (Å²) in [5.41, 5.74) is 0.806. The van der Waals surface area contributed by atoms with Crippen molar-refractivity contribution in [2.75, 3.05) is 5.32 Å². The van der Waals surface area contributed by atoms with E-state index in [0.717, 1.165) is 30.7 Å². The minimum atomic E-state index is -3.72. The van der Waals surface area contributed by atoms with Crippen LogP contribution in [0.4, 0.5) is 10.1 Å². The number of hydrogen-bond donors (Lipinski definition) is 2. The van der Waals surface area contributed by atoms with Crippen LogP contribution in [0.25, 0.3) is 0 Å². The fraction of sp³-hybridized carbons (Fsp3) is 0.250. The molecule has 1 fully saturated rings. The molecular formula is C16H16FN3O3S. The van der Waals surface area contributed by atoms with E-state index in [2.05, 4.69) is 15.0 Å². The lowest BCUT2D eigenvalue weighted by molar-refractivity contribution is 0.102. The normalized spacial score (nSPS) is 14.4. The third-order valence-electron chi connectivity index (χ3n) is 3.57.